The molecule has 0 bridgehead atoms. The maximum absolute atomic E-state index is 11.2. The van der Waals surface area contributed by atoms with Crippen LogP contribution in [-0.2, 0) is 4.79 Å². The van der Waals surface area contributed by atoms with E-state index in [4.69, 9.17) is 5.11 Å². The molecule has 0 radical (unpaired) electrons. The van der Waals surface area contributed by atoms with Crippen molar-refractivity contribution >= 4 is 12.0 Å². The van der Waals surface area contributed by atoms with Crippen molar-refractivity contribution in [1.82, 2.24) is 10.6 Å². The maximum atomic E-state index is 11.2. The molecular formula is C12H22N2O3. The smallest absolute Gasteiger partial charge is 0.318 e. The Morgan fingerprint density at radius 2 is 1.94 bits per heavy atom. The van der Waals surface area contributed by atoms with Crippen LogP contribution in [0.4, 0.5) is 4.79 Å². The van der Waals surface area contributed by atoms with Gasteiger partial charge in [-0.05, 0) is 18.8 Å². The number of carbonyl (C=O) groups excluding carboxylic acids is 1. The molecule has 2 amide bonds. The van der Waals surface area contributed by atoms with Crippen LogP contribution < -0.4 is 10.6 Å². The molecule has 0 aromatic carbocycles. The molecule has 0 fully saturated rings. The van der Waals surface area contributed by atoms with Gasteiger partial charge in [0.15, 0.2) is 0 Å². The van der Waals surface area contributed by atoms with E-state index in [1.807, 2.05) is 19.9 Å². The van der Waals surface area contributed by atoms with E-state index in [0.29, 0.717) is 18.9 Å². The van der Waals surface area contributed by atoms with Crippen molar-refractivity contribution in [3.05, 3.63) is 12.3 Å². The highest BCUT2D eigenvalue weighted by Crippen LogP contribution is 1.98. The van der Waals surface area contributed by atoms with Gasteiger partial charge in [0.05, 0.1) is 0 Å². The van der Waals surface area contributed by atoms with Crippen molar-refractivity contribution in [1.29, 1.82) is 0 Å². The van der Waals surface area contributed by atoms with Gasteiger partial charge in [-0.15, -0.1) is 0 Å². The van der Waals surface area contributed by atoms with E-state index in [1.165, 1.54) is 0 Å². The molecule has 98 valence electrons. The number of urea groups is 1. The zero-order chi connectivity index (χ0) is 13.1. The standard InChI is InChI=1S/C12H22N2O3/c1-10(2)7-9-14-12(17)13-8-5-3-4-6-11(15)16/h7,9-10H,3-6,8H2,1-2H3,(H,15,16)(H2,13,14,17)/b9-7+. The fraction of sp³-hybridized carbons (Fsp3) is 0.667. The normalized spacial score (nSPS) is 10.8. The fourth-order valence-electron chi connectivity index (χ4n) is 1.15. The highest BCUT2D eigenvalue weighted by molar-refractivity contribution is 5.74. The minimum Gasteiger partial charge on any atom is -0.481 e. The third kappa shape index (κ3) is 12.4. The van der Waals surface area contributed by atoms with Crippen molar-refractivity contribution in [2.75, 3.05) is 6.54 Å². The average molecular weight is 242 g/mol. The minimum atomic E-state index is -0.769. The molecule has 0 aliphatic carbocycles. The maximum Gasteiger partial charge on any atom is 0.318 e. The molecule has 0 aliphatic rings. The molecule has 5 heteroatoms. The molecule has 5 nitrogen and oxygen atoms in total. The summed E-state index contributed by atoms with van der Waals surface area (Å²) in [5.74, 6) is -0.360. The minimum absolute atomic E-state index is 0.198. The third-order valence-corrected chi connectivity index (χ3v) is 2.05. The highest BCUT2D eigenvalue weighted by Gasteiger charge is 1.98. The van der Waals surface area contributed by atoms with Gasteiger partial charge in [-0.3, -0.25) is 4.79 Å². The van der Waals surface area contributed by atoms with Gasteiger partial charge in [0, 0.05) is 19.2 Å². The molecule has 0 atom stereocenters. The van der Waals surface area contributed by atoms with Crippen LogP contribution in [0.25, 0.3) is 0 Å². The van der Waals surface area contributed by atoms with E-state index in [1.54, 1.807) is 6.20 Å². The molecule has 0 rings (SSSR count). The van der Waals surface area contributed by atoms with Gasteiger partial charge in [-0.25, -0.2) is 4.79 Å². The molecule has 17 heavy (non-hydrogen) atoms. The number of allylic oxidation sites excluding steroid dienone is 1. The lowest BCUT2D eigenvalue weighted by molar-refractivity contribution is -0.137. The second-order valence-electron chi connectivity index (χ2n) is 4.21. The molecule has 0 aromatic rings. The number of rotatable bonds is 8. The lowest BCUT2D eigenvalue weighted by atomic mass is 10.2. The second-order valence-corrected chi connectivity index (χ2v) is 4.21. The molecule has 0 aromatic heterocycles. The Morgan fingerprint density at radius 3 is 2.53 bits per heavy atom. The monoisotopic (exact) mass is 242 g/mol. The number of carboxylic acids is 1. The Hall–Kier alpha value is -1.52. The van der Waals surface area contributed by atoms with Gasteiger partial charge in [0.1, 0.15) is 0 Å². The van der Waals surface area contributed by atoms with Crippen LogP contribution in [0.15, 0.2) is 12.3 Å². The molecular weight excluding hydrogens is 220 g/mol. The highest BCUT2D eigenvalue weighted by atomic mass is 16.4. The van der Waals surface area contributed by atoms with Gasteiger partial charge in [-0.1, -0.05) is 26.3 Å². The number of unbranched alkanes of at least 4 members (excludes halogenated alkanes) is 2. The van der Waals surface area contributed by atoms with E-state index < -0.39 is 5.97 Å². The molecule has 0 saturated carbocycles. The Bertz CT molecular complexity index is 262. The number of amides is 2. The lowest BCUT2D eigenvalue weighted by Gasteiger charge is -2.04. The topological polar surface area (TPSA) is 78.4 Å². The van der Waals surface area contributed by atoms with Crippen LogP contribution in [0.3, 0.4) is 0 Å². The molecule has 0 spiro atoms. The summed E-state index contributed by atoms with van der Waals surface area (Å²) in [4.78, 5) is 21.4. The third-order valence-electron chi connectivity index (χ3n) is 2.05. The van der Waals surface area contributed by atoms with Crippen molar-refractivity contribution in [3.63, 3.8) is 0 Å². The van der Waals surface area contributed by atoms with Gasteiger partial charge in [0.25, 0.3) is 0 Å². The number of hydrogen-bond donors (Lipinski definition) is 3. The van der Waals surface area contributed by atoms with E-state index in [-0.39, 0.29) is 12.5 Å². The van der Waals surface area contributed by atoms with E-state index >= 15 is 0 Å². The van der Waals surface area contributed by atoms with Crippen molar-refractivity contribution in [2.45, 2.75) is 39.5 Å². The first-order valence-corrected chi connectivity index (χ1v) is 5.95. The summed E-state index contributed by atoms with van der Waals surface area (Å²) in [5.41, 5.74) is 0. The fourth-order valence-corrected chi connectivity index (χ4v) is 1.15. The zero-order valence-electron chi connectivity index (χ0n) is 10.5. The first kappa shape index (κ1) is 15.5. The summed E-state index contributed by atoms with van der Waals surface area (Å²) in [6.07, 6.45) is 6.00. The summed E-state index contributed by atoms with van der Waals surface area (Å²) in [5, 5.41) is 13.7. The first-order valence-electron chi connectivity index (χ1n) is 5.95. The summed E-state index contributed by atoms with van der Waals surface area (Å²) in [6.45, 7) is 4.62. The van der Waals surface area contributed by atoms with Crippen molar-refractivity contribution < 1.29 is 14.7 Å². The molecule has 0 aliphatic heterocycles. The predicted octanol–water partition coefficient (Wildman–Crippen LogP) is 2.10. The van der Waals surface area contributed by atoms with E-state index in [2.05, 4.69) is 10.6 Å². The van der Waals surface area contributed by atoms with Crippen molar-refractivity contribution in [2.24, 2.45) is 5.92 Å². The molecule has 0 unspecified atom stereocenters. The largest absolute Gasteiger partial charge is 0.481 e. The Morgan fingerprint density at radius 1 is 1.24 bits per heavy atom. The number of aliphatic carboxylic acids is 1. The van der Waals surface area contributed by atoms with Crippen LogP contribution in [0.1, 0.15) is 39.5 Å². The van der Waals surface area contributed by atoms with Crippen LogP contribution in [-0.4, -0.2) is 23.7 Å². The van der Waals surface area contributed by atoms with Crippen LogP contribution >= 0.6 is 0 Å². The number of carbonyl (C=O) groups is 2. The van der Waals surface area contributed by atoms with Gasteiger partial charge >= 0.3 is 12.0 Å². The number of nitrogens with one attached hydrogen (secondary N) is 2. The Balaban J connectivity index is 3.36. The van der Waals surface area contributed by atoms with E-state index in [0.717, 1.165) is 12.8 Å². The van der Waals surface area contributed by atoms with Crippen LogP contribution in [0.5, 0.6) is 0 Å². The Kier molecular flexibility index (Phi) is 8.82. The molecule has 3 N–H and O–H groups in total. The summed E-state index contributed by atoms with van der Waals surface area (Å²) >= 11 is 0. The zero-order valence-corrected chi connectivity index (χ0v) is 10.5. The molecule has 0 saturated heterocycles. The molecule has 0 heterocycles. The van der Waals surface area contributed by atoms with Crippen LogP contribution in [0, 0.1) is 5.92 Å². The first-order chi connectivity index (χ1) is 8.02. The number of hydrogen-bond acceptors (Lipinski definition) is 2. The van der Waals surface area contributed by atoms with Crippen molar-refractivity contribution in [3.8, 4) is 0 Å². The van der Waals surface area contributed by atoms with Gasteiger partial charge in [0.2, 0.25) is 0 Å². The second kappa shape index (κ2) is 9.69. The summed E-state index contributed by atoms with van der Waals surface area (Å²) in [7, 11) is 0. The Labute approximate surface area is 102 Å². The summed E-state index contributed by atoms with van der Waals surface area (Å²) in [6, 6.07) is -0.222. The van der Waals surface area contributed by atoms with E-state index in [9.17, 15) is 9.59 Å². The lowest BCUT2D eigenvalue weighted by Crippen LogP contribution is -2.32. The predicted molar refractivity (Wildman–Crippen MR) is 66.6 cm³/mol. The van der Waals surface area contributed by atoms with Crippen LogP contribution in [0.2, 0.25) is 0 Å². The number of carboxylic acid groups (broad SMARTS) is 1. The quantitative estimate of drug-likeness (QED) is 0.570. The van der Waals surface area contributed by atoms with Gasteiger partial charge < -0.3 is 15.7 Å². The SMILES string of the molecule is CC(C)/C=C/NC(=O)NCCCCCC(=O)O. The summed E-state index contributed by atoms with van der Waals surface area (Å²) < 4.78 is 0. The average Bonchev–Trinajstić information content (AvgIpc) is 2.22. The van der Waals surface area contributed by atoms with Gasteiger partial charge in [-0.2, -0.15) is 0 Å².